The van der Waals surface area contributed by atoms with Crippen LogP contribution in [0.1, 0.15) is 50.8 Å². The number of nitrogens with one attached hydrogen (secondary N) is 2. The minimum absolute atomic E-state index is 0.202. The molecular weight excluding hydrogens is 454 g/mol. The lowest BCUT2D eigenvalue weighted by Gasteiger charge is -2.16. The first-order valence-corrected chi connectivity index (χ1v) is 11.6. The molecule has 1 aliphatic heterocycles. The Morgan fingerprint density at radius 1 is 1.03 bits per heavy atom. The van der Waals surface area contributed by atoms with E-state index in [-0.39, 0.29) is 11.7 Å². The van der Waals surface area contributed by atoms with Crippen molar-refractivity contribution < 1.29 is 13.6 Å². The molecule has 0 saturated carbocycles. The largest absolute Gasteiger partial charge is 0.339 e. The van der Waals surface area contributed by atoms with Crippen LogP contribution in [-0.2, 0) is 23.7 Å². The molecule has 4 heterocycles. The van der Waals surface area contributed by atoms with Crippen LogP contribution in [-0.4, -0.2) is 48.8 Å². The van der Waals surface area contributed by atoms with Gasteiger partial charge in [0.25, 0.3) is 0 Å². The van der Waals surface area contributed by atoms with Crippen LogP contribution in [0, 0.1) is 0 Å². The summed E-state index contributed by atoms with van der Waals surface area (Å²) in [6, 6.07) is 3.22. The molecular formula is C24H28F2N8O. The molecule has 9 nitrogen and oxygen atoms in total. The van der Waals surface area contributed by atoms with Crippen molar-refractivity contribution in [2.45, 2.75) is 52.5 Å². The van der Waals surface area contributed by atoms with Gasteiger partial charge in [-0.2, -0.15) is 8.78 Å². The summed E-state index contributed by atoms with van der Waals surface area (Å²) >= 11 is 0. The van der Waals surface area contributed by atoms with Crippen molar-refractivity contribution in [3.05, 3.63) is 47.9 Å². The molecule has 3 aromatic heterocycles. The summed E-state index contributed by atoms with van der Waals surface area (Å²) in [5.74, 6) is -3.55. The van der Waals surface area contributed by atoms with E-state index in [4.69, 9.17) is 0 Å². The summed E-state index contributed by atoms with van der Waals surface area (Å²) in [6.07, 6.45) is 7.80. The lowest BCUT2D eigenvalue weighted by Crippen LogP contribution is -2.19. The zero-order valence-corrected chi connectivity index (χ0v) is 20.0. The van der Waals surface area contributed by atoms with Crippen LogP contribution in [0.15, 0.2) is 30.7 Å². The van der Waals surface area contributed by atoms with Crippen LogP contribution in [0.5, 0.6) is 0 Å². The monoisotopic (exact) mass is 482 g/mol. The maximum Gasteiger partial charge on any atom is 0.303 e. The third-order valence-corrected chi connectivity index (χ3v) is 5.57. The predicted octanol–water partition coefficient (Wildman–Crippen LogP) is 4.30. The van der Waals surface area contributed by atoms with E-state index < -0.39 is 11.7 Å². The summed E-state index contributed by atoms with van der Waals surface area (Å²) in [5.41, 5.74) is 2.96. The number of pyridine rings is 1. The fourth-order valence-corrected chi connectivity index (χ4v) is 3.83. The highest BCUT2D eigenvalue weighted by atomic mass is 19.3. The summed E-state index contributed by atoms with van der Waals surface area (Å²) in [6.45, 7) is 6.83. The van der Waals surface area contributed by atoms with E-state index in [1.54, 1.807) is 30.7 Å². The van der Waals surface area contributed by atoms with Gasteiger partial charge in [0.2, 0.25) is 11.7 Å². The van der Waals surface area contributed by atoms with E-state index >= 15 is 0 Å². The number of carbonyl (C=O) groups excluding carboxylic acids is 1. The predicted molar refractivity (Wildman–Crippen MR) is 128 cm³/mol. The SMILES string of the molecule is CCc1cc(Nc2cc(NC(C)=O)ncc2-c2cnc(CN3CCCC3)cn2)nc(C(C)(F)F)n1. The van der Waals surface area contributed by atoms with E-state index in [9.17, 15) is 13.6 Å². The molecule has 1 amide bonds. The smallest absolute Gasteiger partial charge is 0.303 e. The molecule has 1 aliphatic rings. The minimum Gasteiger partial charge on any atom is -0.339 e. The molecule has 0 radical (unpaired) electrons. The van der Waals surface area contributed by atoms with Gasteiger partial charge >= 0.3 is 5.92 Å². The van der Waals surface area contributed by atoms with Gasteiger partial charge in [0, 0.05) is 50.0 Å². The number of carbonyl (C=O) groups is 1. The highest BCUT2D eigenvalue weighted by Gasteiger charge is 2.29. The maximum absolute atomic E-state index is 14.0. The maximum atomic E-state index is 14.0. The second-order valence-electron chi connectivity index (χ2n) is 8.61. The van der Waals surface area contributed by atoms with Crippen LogP contribution in [0.2, 0.25) is 0 Å². The summed E-state index contributed by atoms with van der Waals surface area (Å²) in [4.78, 5) is 35.3. The van der Waals surface area contributed by atoms with Crippen molar-refractivity contribution in [2.75, 3.05) is 23.7 Å². The highest BCUT2D eigenvalue weighted by Crippen LogP contribution is 2.31. The van der Waals surface area contributed by atoms with E-state index in [2.05, 4.69) is 40.5 Å². The Labute approximate surface area is 202 Å². The number of hydrogen-bond acceptors (Lipinski definition) is 8. The van der Waals surface area contributed by atoms with Gasteiger partial charge in [-0.1, -0.05) is 6.92 Å². The summed E-state index contributed by atoms with van der Waals surface area (Å²) in [5, 5.41) is 5.73. The number of likely N-dealkylation sites (tertiary alicyclic amines) is 1. The van der Waals surface area contributed by atoms with Gasteiger partial charge in [-0.25, -0.2) is 15.0 Å². The average Bonchev–Trinajstić information content (AvgIpc) is 3.32. The zero-order chi connectivity index (χ0) is 25.0. The second-order valence-corrected chi connectivity index (χ2v) is 8.61. The van der Waals surface area contributed by atoms with E-state index in [1.807, 2.05) is 6.92 Å². The lowest BCUT2D eigenvalue weighted by molar-refractivity contribution is -0.114. The lowest BCUT2D eigenvalue weighted by atomic mass is 10.1. The van der Waals surface area contributed by atoms with Crippen molar-refractivity contribution in [3.8, 4) is 11.3 Å². The molecule has 35 heavy (non-hydrogen) atoms. The van der Waals surface area contributed by atoms with Crippen molar-refractivity contribution in [2.24, 2.45) is 0 Å². The molecule has 1 fully saturated rings. The second kappa shape index (κ2) is 10.3. The van der Waals surface area contributed by atoms with Crippen LogP contribution in [0.4, 0.5) is 26.1 Å². The van der Waals surface area contributed by atoms with Gasteiger partial charge < -0.3 is 10.6 Å². The number of anilines is 3. The Morgan fingerprint density at radius 3 is 2.43 bits per heavy atom. The van der Waals surface area contributed by atoms with Crippen LogP contribution in [0.3, 0.4) is 0 Å². The first kappa shape index (κ1) is 24.5. The number of alkyl halides is 2. The van der Waals surface area contributed by atoms with Crippen LogP contribution >= 0.6 is 0 Å². The molecule has 1 saturated heterocycles. The molecule has 0 spiro atoms. The molecule has 4 rings (SSSR count). The number of hydrogen-bond donors (Lipinski definition) is 2. The van der Waals surface area contributed by atoms with Crippen molar-refractivity contribution in [1.29, 1.82) is 0 Å². The average molecular weight is 483 g/mol. The first-order chi connectivity index (χ1) is 16.7. The Kier molecular flexibility index (Phi) is 7.25. The minimum atomic E-state index is -3.19. The Morgan fingerprint density at radius 2 is 1.80 bits per heavy atom. The number of aryl methyl sites for hydroxylation is 1. The summed E-state index contributed by atoms with van der Waals surface area (Å²) < 4.78 is 28.0. The molecule has 184 valence electrons. The number of halogens is 2. The molecule has 3 aromatic rings. The first-order valence-electron chi connectivity index (χ1n) is 11.6. The highest BCUT2D eigenvalue weighted by molar-refractivity contribution is 5.89. The topological polar surface area (TPSA) is 109 Å². The molecule has 11 heteroatoms. The Hall–Kier alpha value is -3.60. The van der Waals surface area contributed by atoms with Gasteiger partial charge in [0.05, 0.1) is 29.5 Å². The normalized spacial score (nSPS) is 14.2. The van der Waals surface area contributed by atoms with Gasteiger partial charge in [-0.15, -0.1) is 0 Å². The van der Waals surface area contributed by atoms with Crippen molar-refractivity contribution >= 4 is 23.2 Å². The molecule has 0 bridgehead atoms. The number of rotatable bonds is 8. The van der Waals surface area contributed by atoms with Crippen LogP contribution in [0.25, 0.3) is 11.3 Å². The van der Waals surface area contributed by atoms with E-state index in [0.717, 1.165) is 32.3 Å². The fraction of sp³-hybridized carbons (Fsp3) is 0.417. The molecule has 2 N–H and O–H groups in total. The molecule has 0 aromatic carbocycles. The zero-order valence-electron chi connectivity index (χ0n) is 20.0. The van der Waals surface area contributed by atoms with E-state index in [0.29, 0.717) is 34.9 Å². The van der Waals surface area contributed by atoms with Crippen molar-refractivity contribution in [3.63, 3.8) is 0 Å². The van der Waals surface area contributed by atoms with Crippen molar-refractivity contribution in [1.82, 2.24) is 29.8 Å². The number of nitrogens with zero attached hydrogens (tertiary/aromatic N) is 6. The fourth-order valence-electron chi connectivity index (χ4n) is 3.83. The van der Waals surface area contributed by atoms with E-state index in [1.165, 1.54) is 19.8 Å². The number of aromatic nitrogens is 5. The van der Waals surface area contributed by atoms with Gasteiger partial charge in [-0.3, -0.25) is 19.7 Å². The van der Waals surface area contributed by atoms with Gasteiger partial charge in [0.1, 0.15) is 11.6 Å². The standard InChI is InChI=1S/C24H28F2N8O/c1-4-16-9-22(33-23(31-16)24(3,25)26)32-19-10-21(30-15(2)35)29-12-18(19)20-13-27-17(11-28-20)14-34-7-5-6-8-34/h9-13H,4-8,14H2,1-3H3,(H2,29,30,31,32,33,35). The molecule has 0 atom stereocenters. The van der Waals surface area contributed by atoms with Crippen LogP contribution < -0.4 is 10.6 Å². The third-order valence-electron chi connectivity index (χ3n) is 5.57. The number of amides is 1. The quantitative estimate of drug-likeness (QED) is 0.489. The summed E-state index contributed by atoms with van der Waals surface area (Å²) in [7, 11) is 0. The van der Waals surface area contributed by atoms with Gasteiger partial charge in [-0.05, 0) is 32.4 Å². The Bertz CT molecular complexity index is 1190. The Balaban J connectivity index is 1.68. The molecule has 0 unspecified atom stereocenters. The van der Waals surface area contributed by atoms with Gasteiger partial charge in [0.15, 0.2) is 0 Å². The molecule has 0 aliphatic carbocycles. The third kappa shape index (κ3) is 6.30.